The van der Waals surface area contributed by atoms with Crippen molar-refractivity contribution < 1.29 is 15.0 Å². The van der Waals surface area contributed by atoms with Gasteiger partial charge in [-0.25, -0.2) is 0 Å². The summed E-state index contributed by atoms with van der Waals surface area (Å²) >= 11 is 1.18. The molecule has 0 fully saturated rings. The maximum atomic E-state index is 2.48. The molecule has 0 unspecified atom stereocenters. The van der Waals surface area contributed by atoms with Crippen LogP contribution in [0.3, 0.4) is 0 Å². The van der Waals surface area contributed by atoms with Gasteiger partial charge < -0.3 is 0 Å². The molecule has 2 aliphatic rings. The van der Waals surface area contributed by atoms with Crippen LogP contribution in [-0.2, 0) is 15.0 Å². The molecule has 0 saturated heterocycles. The normalized spacial score (nSPS) is 19.1. The van der Waals surface area contributed by atoms with Crippen molar-refractivity contribution in [1.82, 2.24) is 0 Å². The molecule has 0 N–H and O–H groups in total. The van der Waals surface area contributed by atoms with Crippen LogP contribution < -0.4 is 0 Å². The van der Waals surface area contributed by atoms with Gasteiger partial charge in [-0.1, -0.05) is 0 Å². The first kappa shape index (κ1) is 25.6. The Balaban J connectivity index is 2.50. The molecular weight excluding hydrogens is 430 g/mol. The molecule has 2 aliphatic carbocycles. The van der Waals surface area contributed by atoms with Crippen LogP contribution >= 0.6 is 15.8 Å². The molecule has 29 heavy (non-hydrogen) atoms. The van der Waals surface area contributed by atoms with E-state index in [1.54, 1.807) is 19.6 Å². The quantitative estimate of drug-likeness (QED) is 0.281. The minimum absolute atomic E-state index is 0.223. The molecule has 0 saturated carbocycles. The molecule has 0 spiro atoms. The van der Waals surface area contributed by atoms with Crippen molar-refractivity contribution in [1.29, 1.82) is 0 Å². The van der Waals surface area contributed by atoms with E-state index in [-0.39, 0.29) is 15.8 Å². The van der Waals surface area contributed by atoms with E-state index in [9.17, 15) is 0 Å². The summed E-state index contributed by atoms with van der Waals surface area (Å²) in [5, 5.41) is 4.70. The van der Waals surface area contributed by atoms with E-state index in [0.29, 0.717) is 20.6 Å². The van der Waals surface area contributed by atoms with E-state index in [0.717, 1.165) is 12.8 Å². The molecule has 0 heterocycles. The molecule has 0 aromatic heterocycles. The van der Waals surface area contributed by atoms with Crippen LogP contribution in [0.25, 0.3) is 0 Å². The molecule has 0 amide bonds. The molecule has 166 valence electrons. The average Bonchev–Trinajstić information content (AvgIpc) is 3.04. The summed E-state index contributed by atoms with van der Waals surface area (Å²) in [4.78, 5) is 0. The van der Waals surface area contributed by atoms with Crippen LogP contribution in [-0.4, -0.2) is 20.6 Å². The van der Waals surface area contributed by atoms with Gasteiger partial charge in [-0.05, 0) is 0 Å². The van der Waals surface area contributed by atoms with Crippen molar-refractivity contribution in [2.24, 2.45) is 0 Å². The molecular formula is C26H44FeP2. The zero-order chi connectivity index (χ0) is 22.4. The monoisotopic (exact) mass is 474 g/mol. The molecule has 0 aromatic carbocycles. The van der Waals surface area contributed by atoms with Gasteiger partial charge in [0, 0.05) is 0 Å². The van der Waals surface area contributed by atoms with Crippen molar-refractivity contribution >= 4 is 15.8 Å². The van der Waals surface area contributed by atoms with Gasteiger partial charge in [0.05, 0.1) is 0 Å². The number of hydrogen-bond acceptors (Lipinski definition) is 0. The Kier molecular flexibility index (Phi) is 7.68. The third kappa shape index (κ3) is 6.19. The Hall–Kier alpha value is 0.339. The SMILES string of the molecule is CC(C)(C)P(C1=[C]([Fe][C]2=C(P(C(C)(C)C)C(C)(C)C)C=CC2)CC=C1)C(C)(C)C. The summed E-state index contributed by atoms with van der Waals surface area (Å²) in [6.45, 7) is 29.3. The number of rotatable bonds is 4. The minimum atomic E-state index is -0.223. The second-order valence-corrected chi connectivity index (χ2v) is 21.5. The van der Waals surface area contributed by atoms with Crippen LogP contribution in [0.4, 0.5) is 0 Å². The maximum absolute atomic E-state index is 2.48. The zero-order valence-electron chi connectivity index (χ0n) is 21.0. The third-order valence-corrected chi connectivity index (χ3v) is 14.3. The second-order valence-electron chi connectivity index (χ2n) is 12.2. The van der Waals surface area contributed by atoms with Crippen molar-refractivity contribution in [3.05, 3.63) is 43.9 Å². The Morgan fingerprint density at radius 3 is 1.07 bits per heavy atom. The summed E-state index contributed by atoms with van der Waals surface area (Å²) in [5.74, 6) is 0. The standard InChI is InChI=1S/2C13H22P.Fe/c2*1-12(2,3)14(13(4,5)6)11-9-7-8-10-11;/h2*7,9H,8H2,1-6H3;. The molecule has 0 nitrogen and oxygen atoms in total. The van der Waals surface area contributed by atoms with E-state index in [2.05, 4.69) is 107 Å². The predicted octanol–water partition coefficient (Wildman–Crippen LogP) is 9.57. The van der Waals surface area contributed by atoms with Crippen molar-refractivity contribution in [3.8, 4) is 0 Å². The van der Waals surface area contributed by atoms with Crippen LogP contribution in [0.5, 0.6) is 0 Å². The van der Waals surface area contributed by atoms with E-state index >= 15 is 0 Å². The zero-order valence-corrected chi connectivity index (χ0v) is 23.9. The molecule has 0 bridgehead atoms. The molecule has 0 aromatic rings. The van der Waals surface area contributed by atoms with Gasteiger partial charge in [-0.3, -0.25) is 0 Å². The molecule has 3 heteroatoms. The van der Waals surface area contributed by atoms with Crippen LogP contribution in [0.15, 0.2) is 43.9 Å². The van der Waals surface area contributed by atoms with Crippen molar-refractivity contribution in [2.45, 2.75) is 117 Å². The van der Waals surface area contributed by atoms with E-state index in [1.165, 1.54) is 15.0 Å². The Bertz CT molecular complexity index is 646. The van der Waals surface area contributed by atoms with Crippen LogP contribution in [0.1, 0.15) is 95.9 Å². The first-order chi connectivity index (χ1) is 12.9. The predicted molar refractivity (Wildman–Crippen MR) is 134 cm³/mol. The van der Waals surface area contributed by atoms with Crippen LogP contribution in [0, 0.1) is 0 Å². The fraction of sp³-hybridized carbons (Fsp3) is 0.692. The average molecular weight is 474 g/mol. The van der Waals surface area contributed by atoms with Gasteiger partial charge >= 0.3 is 191 Å². The summed E-state index contributed by atoms with van der Waals surface area (Å²) in [5.41, 5.74) is 0. The van der Waals surface area contributed by atoms with Gasteiger partial charge in [-0.15, -0.1) is 0 Å². The van der Waals surface area contributed by atoms with E-state index < -0.39 is 0 Å². The van der Waals surface area contributed by atoms with E-state index in [4.69, 9.17) is 0 Å². The first-order valence-corrected chi connectivity index (χ1v) is 14.8. The van der Waals surface area contributed by atoms with Gasteiger partial charge in [-0.2, -0.15) is 0 Å². The van der Waals surface area contributed by atoms with Crippen molar-refractivity contribution in [3.63, 3.8) is 0 Å². The molecule has 0 radical (unpaired) electrons. The van der Waals surface area contributed by atoms with Gasteiger partial charge in [0.1, 0.15) is 0 Å². The second kappa shape index (κ2) is 8.70. The Labute approximate surface area is 190 Å². The first-order valence-electron chi connectivity index (χ1n) is 11.0. The van der Waals surface area contributed by atoms with Gasteiger partial charge in [0.25, 0.3) is 0 Å². The van der Waals surface area contributed by atoms with Crippen LogP contribution in [0.2, 0.25) is 0 Å². The summed E-state index contributed by atoms with van der Waals surface area (Å²) in [6.07, 6.45) is 12.1. The fourth-order valence-corrected chi connectivity index (χ4v) is 15.6. The number of allylic oxidation sites excluding steroid dienone is 8. The molecule has 0 aliphatic heterocycles. The summed E-state index contributed by atoms with van der Waals surface area (Å²) in [6, 6.07) is 0. The molecule has 2 rings (SSSR count). The van der Waals surface area contributed by atoms with Crippen molar-refractivity contribution in [2.75, 3.05) is 0 Å². The summed E-state index contributed by atoms with van der Waals surface area (Å²) < 4.78 is 3.41. The van der Waals surface area contributed by atoms with E-state index in [1.807, 2.05) is 0 Å². The van der Waals surface area contributed by atoms with Gasteiger partial charge in [0.15, 0.2) is 0 Å². The fourth-order valence-electron chi connectivity index (χ4n) is 5.06. The number of hydrogen-bond donors (Lipinski definition) is 0. The topological polar surface area (TPSA) is 0 Å². The van der Waals surface area contributed by atoms with Gasteiger partial charge in [0.2, 0.25) is 0 Å². The Morgan fingerprint density at radius 1 is 0.552 bits per heavy atom. The summed E-state index contributed by atoms with van der Waals surface area (Å²) in [7, 11) is -0.446. The Morgan fingerprint density at radius 2 is 0.828 bits per heavy atom. The molecule has 0 atom stereocenters. The third-order valence-electron chi connectivity index (χ3n) is 5.06.